The molecule has 0 heterocycles. The van der Waals surface area contributed by atoms with E-state index < -0.39 is 0 Å². The zero-order valence-electron chi connectivity index (χ0n) is 32.8. The minimum atomic E-state index is 0. The van der Waals surface area contributed by atoms with Crippen molar-refractivity contribution in [2.45, 2.75) is 111 Å². The zero-order valence-corrected chi connectivity index (χ0v) is 37.8. The topological polar surface area (TPSA) is 0 Å². The summed E-state index contributed by atoms with van der Waals surface area (Å²) < 4.78 is 0. The molecule has 0 saturated heterocycles. The quantitative estimate of drug-likeness (QED) is 0.117. The van der Waals surface area contributed by atoms with E-state index in [0.717, 1.165) is 6.42 Å². The second kappa shape index (κ2) is 19.7. The SMILES string of the molecule is CCCC(C)c1cc2c(-c3ccc(C(C)(C)C)cc3)cccc2[cH-]1.CCc1cc2c(-c3ccc(C(C)(C)C)cc3)cccc2[cH-]1.C[Si](C)=[Zr+2].[Cl-].[Cl-]. The molecular weight excluding hydrogens is 755 g/mol. The van der Waals surface area contributed by atoms with Crippen molar-refractivity contribution in [3.63, 3.8) is 0 Å². The van der Waals surface area contributed by atoms with E-state index in [9.17, 15) is 0 Å². The molecule has 0 nitrogen and oxygen atoms in total. The van der Waals surface area contributed by atoms with Crippen molar-refractivity contribution in [2.24, 2.45) is 0 Å². The average Bonchev–Trinajstić information content (AvgIpc) is 3.69. The maximum absolute atomic E-state index is 2.41. The van der Waals surface area contributed by atoms with Gasteiger partial charge in [0.2, 0.25) is 0 Å². The van der Waals surface area contributed by atoms with Gasteiger partial charge in [-0.25, -0.2) is 0 Å². The van der Waals surface area contributed by atoms with E-state index in [4.69, 9.17) is 0 Å². The van der Waals surface area contributed by atoms with Gasteiger partial charge in [-0.1, -0.05) is 141 Å². The molecule has 0 N–H and O–H groups in total. The van der Waals surface area contributed by atoms with Crippen LogP contribution in [0.3, 0.4) is 0 Å². The normalized spacial score (nSPS) is 11.8. The van der Waals surface area contributed by atoms with Gasteiger partial charge < -0.3 is 24.8 Å². The predicted molar refractivity (Wildman–Crippen MR) is 218 cm³/mol. The number of hydrogen-bond donors (Lipinski definition) is 0. The maximum Gasteiger partial charge on any atom is -1.00 e. The van der Waals surface area contributed by atoms with Crippen LogP contribution in [-0.2, 0) is 40.6 Å². The second-order valence-electron chi connectivity index (χ2n) is 16.0. The Morgan fingerprint density at radius 1 is 0.627 bits per heavy atom. The first-order valence-electron chi connectivity index (χ1n) is 18.2. The van der Waals surface area contributed by atoms with Gasteiger partial charge in [0.1, 0.15) is 0 Å². The van der Waals surface area contributed by atoms with E-state index in [1.807, 2.05) is 0 Å². The van der Waals surface area contributed by atoms with E-state index in [1.165, 1.54) is 78.9 Å². The van der Waals surface area contributed by atoms with Gasteiger partial charge in [-0.15, -0.1) is 69.1 Å². The van der Waals surface area contributed by atoms with Crippen molar-refractivity contribution < 1.29 is 48.1 Å². The number of hydrogen-bond acceptors (Lipinski definition) is 0. The van der Waals surface area contributed by atoms with Crippen LogP contribution < -0.4 is 24.8 Å². The van der Waals surface area contributed by atoms with Crippen molar-refractivity contribution in [3.8, 4) is 22.3 Å². The first-order valence-corrected chi connectivity index (χ1v) is 24.4. The zero-order chi connectivity index (χ0) is 35.9. The molecule has 0 aliphatic carbocycles. The van der Waals surface area contributed by atoms with Crippen molar-refractivity contribution in [3.05, 3.63) is 131 Å². The third-order valence-electron chi connectivity index (χ3n) is 9.41. The van der Waals surface area contributed by atoms with Crippen LogP contribution in [0.15, 0.2) is 109 Å². The number of rotatable bonds is 6. The van der Waals surface area contributed by atoms with Crippen molar-refractivity contribution in [2.75, 3.05) is 0 Å². The summed E-state index contributed by atoms with van der Waals surface area (Å²) in [6.07, 6.45) is 3.59. The van der Waals surface area contributed by atoms with Gasteiger partial charge in [0.05, 0.1) is 0 Å². The predicted octanol–water partition coefficient (Wildman–Crippen LogP) is 8.30. The van der Waals surface area contributed by atoms with Crippen LogP contribution in [0.4, 0.5) is 0 Å². The van der Waals surface area contributed by atoms with E-state index >= 15 is 0 Å². The van der Waals surface area contributed by atoms with Gasteiger partial charge in [-0.05, 0) is 51.8 Å². The van der Waals surface area contributed by atoms with E-state index in [2.05, 4.69) is 185 Å². The number of fused-ring (bicyclic) bond motifs is 2. The third-order valence-corrected chi connectivity index (χ3v) is 9.41. The summed E-state index contributed by atoms with van der Waals surface area (Å²) in [5, 5.41) is 5.48. The van der Waals surface area contributed by atoms with E-state index in [1.54, 1.807) is 23.3 Å². The number of aryl methyl sites for hydroxylation is 1. The minimum Gasteiger partial charge on any atom is -1.00 e. The van der Waals surface area contributed by atoms with Gasteiger partial charge in [0, 0.05) is 0 Å². The molecule has 0 aromatic heterocycles. The van der Waals surface area contributed by atoms with E-state index in [0.29, 0.717) is 5.92 Å². The summed E-state index contributed by atoms with van der Waals surface area (Å²) in [5.41, 5.74) is 11.6. The fraction of sp³-hybridized carbons (Fsp3) is 0.362. The van der Waals surface area contributed by atoms with Crippen LogP contribution in [0.2, 0.25) is 13.1 Å². The van der Waals surface area contributed by atoms with Crippen molar-refractivity contribution >= 4 is 27.0 Å². The second-order valence-corrected chi connectivity index (χ2v) is 25.3. The molecule has 1 atom stereocenters. The van der Waals surface area contributed by atoms with Gasteiger partial charge in [0.25, 0.3) is 0 Å². The third kappa shape index (κ3) is 12.2. The molecule has 0 spiro atoms. The van der Waals surface area contributed by atoms with Gasteiger partial charge >= 0.3 is 41.9 Å². The maximum atomic E-state index is 2.41. The Bertz CT molecular complexity index is 1960. The van der Waals surface area contributed by atoms with Crippen molar-refractivity contribution in [1.82, 2.24) is 0 Å². The van der Waals surface area contributed by atoms with Crippen molar-refractivity contribution in [1.29, 1.82) is 0 Å². The molecule has 0 bridgehead atoms. The summed E-state index contributed by atoms with van der Waals surface area (Å²) >= 11 is 1.74. The fourth-order valence-electron chi connectivity index (χ4n) is 6.45. The Balaban J connectivity index is 0.000000311. The van der Waals surface area contributed by atoms with Crippen LogP contribution >= 0.6 is 0 Å². The van der Waals surface area contributed by atoms with Crippen LogP contribution in [0.5, 0.6) is 0 Å². The molecule has 270 valence electrons. The fourth-order valence-corrected chi connectivity index (χ4v) is 6.45. The minimum absolute atomic E-state index is 0. The van der Waals surface area contributed by atoms with Crippen LogP contribution in [-0.4, -0.2) is 5.43 Å². The molecule has 0 amide bonds. The molecule has 0 saturated carbocycles. The summed E-state index contributed by atoms with van der Waals surface area (Å²) in [4.78, 5) is 0. The van der Waals surface area contributed by atoms with Crippen LogP contribution in [0, 0.1) is 0 Å². The average molecular weight is 813 g/mol. The molecule has 6 aromatic rings. The first kappa shape index (κ1) is 44.9. The Morgan fingerprint density at radius 3 is 1.43 bits per heavy atom. The van der Waals surface area contributed by atoms with Gasteiger partial charge in [-0.3, -0.25) is 0 Å². The Hall–Kier alpha value is -2.22. The first-order chi connectivity index (χ1) is 23.1. The Morgan fingerprint density at radius 2 is 1.04 bits per heavy atom. The monoisotopic (exact) mass is 810 g/mol. The summed E-state index contributed by atoms with van der Waals surface area (Å²) in [5.74, 6) is 0.638. The molecule has 51 heavy (non-hydrogen) atoms. The molecule has 0 aliphatic rings. The summed E-state index contributed by atoms with van der Waals surface area (Å²) in [7, 11) is 0. The molecule has 6 rings (SSSR count). The number of benzene rings is 4. The Kier molecular flexibility index (Phi) is 17.4. The molecule has 4 heteroatoms. The largest absolute Gasteiger partial charge is 1.00 e. The number of halogens is 2. The van der Waals surface area contributed by atoms with E-state index in [-0.39, 0.29) is 41.1 Å². The van der Waals surface area contributed by atoms with Crippen LogP contribution in [0.25, 0.3) is 43.8 Å². The molecule has 0 aliphatic heterocycles. The molecule has 0 radical (unpaired) electrons. The van der Waals surface area contributed by atoms with Crippen LogP contribution in [0.1, 0.15) is 103 Å². The molecular formula is C47H58Cl2SiZr-2. The standard InChI is InChI=1S/C24H29.C21H23.C2H6Si.2ClH.Zr/c1-6-8-17(2)20-15-19-9-7-10-22(23(19)16-20)18-11-13-21(14-12-18)24(3,4)5;1-5-15-13-17-7-6-8-19(20(17)14-15)16-9-11-18(12-10-16)21(2,3)4;1-3-2;;;/h7,9-17H,6,8H2,1-5H3;6-14H,5H2,1-4H3;1-2H3;2*1H;/q2*-1;;;;+2/p-2. The smallest absolute Gasteiger partial charge is 1.00 e. The molecule has 6 aromatic carbocycles. The Labute approximate surface area is 337 Å². The summed E-state index contributed by atoms with van der Waals surface area (Å²) in [6, 6.07) is 40.8. The van der Waals surface area contributed by atoms with Gasteiger partial charge in [0.15, 0.2) is 0 Å². The van der Waals surface area contributed by atoms with Gasteiger partial charge in [-0.2, -0.15) is 12.1 Å². The summed E-state index contributed by atoms with van der Waals surface area (Å²) in [6.45, 7) is 25.0. The molecule has 1 unspecified atom stereocenters. The molecule has 0 fully saturated rings.